The quantitative estimate of drug-likeness (QED) is 0.798. The van der Waals surface area contributed by atoms with E-state index in [1.165, 1.54) is 0 Å². The van der Waals surface area contributed by atoms with Gasteiger partial charge in [-0.1, -0.05) is 13.0 Å². The monoisotopic (exact) mass is 405 g/mol. The number of urea groups is 1. The number of amides is 2. The van der Waals surface area contributed by atoms with Gasteiger partial charge in [0.2, 0.25) is 0 Å². The molecule has 2 bridgehead atoms. The molecule has 2 saturated heterocycles. The Labute approximate surface area is 166 Å². The average molecular weight is 405 g/mol. The number of hydrogen-bond donors (Lipinski definition) is 1. The second-order valence-corrected chi connectivity index (χ2v) is 7.98. The van der Waals surface area contributed by atoms with Crippen LogP contribution in [-0.2, 0) is 6.18 Å². The number of hydrogen-bond acceptors (Lipinski definition) is 4. The first-order valence-corrected chi connectivity index (χ1v) is 9.68. The van der Waals surface area contributed by atoms with Crippen LogP contribution >= 0.6 is 0 Å². The molecule has 1 aromatic heterocycles. The molecule has 9 heteroatoms. The van der Waals surface area contributed by atoms with Crippen LogP contribution in [0.25, 0.3) is 11.4 Å². The number of halogens is 3. The number of rotatable bonds is 2. The first-order valence-electron chi connectivity index (χ1n) is 9.68. The zero-order valence-electron chi connectivity index (χ0n) is 16.2. The number of piperidine rings is 2. The van der Waals surface area contributed by atoms with Gasteiger partial charge >= 0.3 is 12.2 Å². The van der Waals surface area contributed by atoms with Gasteiger partial charge in [-0.2, -0.15) is 18.3 Å². The van der Waals surface area contributed by atoms with Gasteiger partial charge in [0, 0.05) is 23.8 Å². The van der Waals surface area contributed by atoms with Crippen LogP contribution in [0.15, 0.2) is 24.4 Å². The van der Waals surface area contributed by atoms with Crippen molar-refractivity contribution < 1.29 is 18.0 Å². The van der Waals surface area contributed by atoms with Crippen molar-refractivity contribution in [2.24, 2.45) is 11.8 Å². The second-order valence-electron chi connectivity index (χ2n) is 7.98. The van der Waals surface area contributed by atoms with Gasteiger partial charge in [0.1, 0.15) is 0 Å². The summed E-state index contributed by atoms with van der Waals surface area (Å²) in [5.41, 5.74) is 0.478. The number of nitrogens with zero attached hydrogens (tertiary/aromatic N) is 4. The third-order valence-electron chi connectivity index (χ3n) is 6.03. The molecule has 1 aliphatic carbocycles. The number of nitrogens with one attached hydrogen (secondary N) is 1. The molecule has 0 radical (unpaired) electrons. The van der Waals surface area contributed by atoms with Crippen molar-refractivity contribution in [1.82, 2.24) is 20.1 Å². The van der Waals surface area contributed by atoms with Crippen LogP contribution in [0, 0.1) is 18.8 Å². The summed E-state index contributed by atoms with van der Waals surface area (Å²) >= 11 is 0. The lowest BCUT2D eigenvalue weighted by atomic mass is 9.73. The molecule has 1 saturated carbocycles. The summed E-state index contributed by atoms with van der Waals surface area (Å²) in [5, 5.41) is 10.1. The Morgan fingerprint density at radius 1 is 1.28 bits per heavy atom. The van der Waals surface area contributed by atoms with Crippen molar-refractivity contribution in [1.29, 1.82) is 0 Å². The summed E-state index contributed by atoms with van der Waals surface area (Å²) in [6, 6.07) is 5.11. The number of anilines is 1. The Morgan fingerprint density at radius 3 is 2.72 bits per heavy atom. The number of benzene rings is 1. The van der Waals surface area contributed by atoms with Gasteiger partial charge in [-0.25, -0.2) is 9.78 Å². The fourth-order valence-corrected chi connectivity index (χ4v) is 4.33. The van der Waals surface area contributed by atoms with Gasteiger partial charge in [-0.3, -0.25) is 0 Å². The van der Waals surface area contributed by atoms with Crippen LogP contribution < -0.4 is 5.32 Å². The van der Waals surface area contributed by atoms with E-state index in [2.05, 4.69) is 27.4 Å². The summed E-state index contributed by atoms with van der Waals surface area (Å²) in [7, 11) is 0. The van der Waals surface area contributed by atoms with Gasteiger partial charge in [-0.15, -0.1) is 5.10 Å². The molecule has 6 nitrogen and oxygen atoms in total. The molecule has 5 rings (SSSR count). The summed E-state index contributed by atoms with van der Waals surface area (Å²) in [4.78, 5) is 18.3. The molecule has 0 spiro atoms. The molecule has 3 atom stereocenters. The first kappa shape index (κ1) is 19.6. The van der Waals surface area contributed by atoms with E-state index >= 15 is 0 Å². The van der Waals surface area contributed by atoms with Gasteiger partial charge in [0.25, 0.3) is 0 Å². The molecule has 2 amide bonds. The highest BCUT2D eigenvalue weighted by atomic mass is 19.4. The molecule has 3 aliphatic rings. The van der Waals surface area contributed by atoms with E-state index in [0.29, 0.717) is 34.8 Å². The molecule has 29 heavy (non-hydrogen) atoms. The maximum Gasteiger partial charge on any atom is 0.435 e. The summed E-state index contributed by atoms with van der Waals surface area (Å²) in [5.74, 6) is 1.04. The molecule has 2 aromatic rings. The topological polar surface area (TPSA) is 71.0 Å². The maximum absolute atomic E-state index is 12.9. The van der Waals surface area contributed by atoms with E-state index in [-0.39, 0.29) is 17.9 Å². The van der Waals surface area contributed by atoms with Crippen molar-refractivity contribution in [3.05, 3.63) is 35.7 Å². The molecular weight excluding hydrogens is 383 g/mol. The summed E-state index contributed by atoms with van der Waals surface area (Å²) in [6.07, 6.45) is -0.817. The molecule has 154 valence electrons. The van der Waals surface area contributed by atoms with Gasteiger partial charge in [-0.05, 0) is 55.7 Å². The highest BCUT2D eigenvalue weighted by Gasteiger charge is 2.40. The van der Waals surface area contributed by atoms with E-state index in [4.69, 9.17) is 0 Å². The minimum absolute atomic E-state index is 0.126. The van der Waals surface area contributed by atoms with Gasteiger partial charge in [0.15, 0.2) is 11.5 Å². The maximum atomic E-state index is 12.9. The van der Waals surface area contributed by atoms with Crippen LogP contribution in [0.3, 0.4) is 0 Å². The highest BCUT2D eigenvalue weighted by molar-refractivity contribution is 5.90. The van der Waals surface area contributed by atoms with E-state index < -0.39 is 11.9 Å². The Morgan fingerprint density at radius 2 is 2.07 bits per heavy atom. The SMILES string of the molecule is Cc1ccc(NC(=O)N2CC3CCC2C[C@H]3C)cc1-c1nncc(C(F)(F)F)n1. The lowest BCUT2D eigenvalue weighted by Crippen LogP contribution is -2.54. The van der Waals surface area contributed by atoms with Crippen molar-refractivity contribution in [3.63, 3.8) is 0 Å². The number of aromatic nitrogens is 3. The number of aryl methyl sites for hydroxylation is 1. The number of alkyl halides is 3. The van der Waals surface area contributed by atoms with Crippen LogP contribution in [0.5, 0.6) is 0 Å². The van der Waals surface area contributed by atoms with Crippen molar-refractivity contribution >= 4 is 11.7 Å². The minimum Gasteiger partial charge on any atom is -0.321 e. The van der Waals surface area contributed by atoms with E-state index in [1.807, 2.05) is 4.90 Å². The van der Waals surface area contributed by atoms with E-state index in [9.17, 15) is 18.0 Å². The van der Waals surface area contributed by atoms with Gasteiger partial charge < -0.3 is 10.2 Å². The van der Waals surface area contributed by atoms with Crippen LogP contribution in [0.4, 0.5) is 23.7 Å². The minimum atomic E-state index is -4.60. The highest BCUT2D eigenvalue weighted by Crippen LogP contribution is 2.39. The largest absolute Gasteiger partial charge is 0.435 e. The van der Waals surface area contributed by atoms with Crippen LogP contribution in [0.2, 0.25) is 0 Å². The molecular formula is C20H22F3N5O. The summed E-state index contributed by atoms with van der Waals surface area (Å²) in [6.45, 7) is 4.73. The predicted octanol–water partition coefficient (Wildman–Crippen LogP) is 4.52. The van der Waals surface area contributed by atoms with Crippen LogP contribution in [-0.4, -0.2) is 38.7 Å². The number of carbonyl (C=O) groups excluding carboxylic acids is 1. The molecule has 1 N–H and O–H groups in total. The molecule has 3 fully saturated rings. The number of fused-ring (bicyclic) bond motifs is 3. The van der Waals surface area contributed by atoms with E-state index in [0.717, 1.165) is 25.8 Å². The smallest absolute Gasteiger partial charge is 0.321 e. The van der Waals surface area contributed by atoms with Crippen molar-refractivity contribution in [3.8, 4) is 11.4 Å². The first-order chi connectivity index (χ1) is 13.7. The number of carbonyl (C=O) groups is 1. The summed E-state index contributed by atoms with van der Waals surface area (Å²) < 4.78 is 38.8. The lowest BCUT2D eigenvalue weighted by Gasteiger charge is -2.48. The zero-order valence-corrected chi connectivity index (χ0v) is 16.2. The Kier molecular flexibility index (Phi) is 4.92. The van der Waals surface area contributed by atoms with Crippen molar-refractivity contribution in [2.45, 2.75) is 45.3 Å². The Balaban J connectivity index is 1.56. The van der Waals surface area contributed by atoms with Crippen LogP contribution in [0.1, 0.15) is 37.4 Å². The third kappa shape index (κ3) is 3.90. The van der Waals surface area contributed by atoms with Crippen molar-refractivity contribution in [2.75, 3.05) is 11.9 Å². The average Bonchev–Trinajstić information content (AvgIpc) is 2.69. The Bertz CT molecular complexity index is 933. The second kappa shape index (κ2) is 7.27. The normalized spacial score (nSPS) is 23.9. The fourth-order valence-electron chi connectivity index (χ4n) is 4.33. The predicted molar refractivity (Wildman–Crippen MR) is 101 cm³/mol. The standard InChI is InChI=1S/C20H22F3N5O/c1-11-3-5-14(8-16(11)18-26-17(9-24-27-18)20(21,22)23)25-19(29)28-10-13-4-6-15(28)7-12(13)2/h3,5,8-9,12-13,15H,4,6-7,10H2,1-2H3,(H,25,29)/t12-,13?,15?/m1/s1. The Hall–Kier alpha value is -2.71. The zero-order chi connectivity index (χ0) is 20.8. The third-order valence-corrected chi connectivity index (χ3v) is 6.03. The van der Waals surface area contributed by atoms with E-state index in [1.54, 1.807) is 25.1 Å². The molecule has 1 aromatic carbocycles. The lowest BCUT2D eigenvalue weighted by molar-refractivity contribution is -0.141. The molecule has 3 heterocycles. The molecule has 2 aliphatic heterocycles. The molecule has 2 unspecified atom stereocenters. The fraction of sp³-hybridized carbons (Fsp3) is 0.500. The van der Waals surface area contributed by atoms with Gasteiger partial charge in [0.05, 0.1) is 6.20 Å².